The van der Waals surface area contributed by atoms with Crippen molar-refractivity contribution in [1.82, 2.24) is 14.9 Å². The van der Waals surface area contributed by atoms with Gasteiger partial charge in [0.2, 0.25) is 11.9 Å². The number of nitrogen functional groups attached to an aromatic ring is 1. The van der Waals surface area contributed by atoms with E-state index in [1.165, 1.54) is 12.1 Å². The third-order valence-corrected chi connectivity index (χ3v) is 7.36. The number of nitrogens with zero attached hydrogens (tertiary/aromatic N) is 3. The first-order chi connectivity index (χ1) is 17.1. The van der Waals surface area contributed by atoms with Crippen molar-refractivity contribution in [2.24, 2.45) is 5.41 Å². The highest BCUT2D eigenvalue weighted by Crippen LogP contribution is 2.42. The number of carbonyl (C=O) groups is 1. The van der Waals surface area contributed by atoms with Gasteiger partial charge in [-0.05, 0) is 61.8 Å². The van der Waals surface area contributed by atoms with Crippen LogP contribution in [0.4, 0.5) is 10.3 Å². The molecule has 5 rings (SSSR count). The molecular formula is C28H31FN4O2. The van der Waals surface area contributed by atoms with Crippen molar-refractivity contribution in [2.75, 3.05) is 25.5 Å². The van der Waals surface area contributed by atoms with Gasteiger partial charge >= 0.3 is 0 Å². The zero-order chi connectivity index (χ0) is 24.3. The van der Waals surface area contributed by atoms with Crippen LogP contribution in [0.5, 0.6) is 0 Å². The van der Waals surface area contributed by atoms with Crippen molar-refractivity contribution in [3.05, 3.63) is 77.9 Å². The second kappa shape index (κ2) is 10.1. The third kappa shape index (κ3) is 4.91. The molecule has 1 aromatic heterocycles. The molecule has 0 spiro atoms. The maximum absolute atomic E-state index is 14.4. The largest absolute Gasteiger partial charge is 0.381 e. The summed E-state index contributed by atoms with van der Waals surface area (Å²) in [5.41, 5.74) is 9.01. The number of halogens is 1. The van der Waals surface area contributed by atoms with E-state index in [1.807, 2.05) is 23.1 Å². The minimum Gasteiger partial charge on any atom is -0.381 e. The Morgan fingerprint density at radius 1 is 1.09 bits per heavy atom. The molecular weight excluding hydrogens is 443 g/mol. The van der Waals surface area contributed by atoms with E-state index < -0.39 is 5.41 Å². The van der Waals surface area contributed by atoms with Crippen molar-refractivity contribution in [2.45, 2.75) is 44.6 Å². The first-order valence-corrected chi connectivity index (χ1v) is 12.4. The number of likely N-dealkylation sites (tertiary alicyclic amines) is 1. The molecule has 182 valence electrons. The zero-order valence-corrected chi connectivity index (χ0v) is 19.8. The van der Waals surface area contributed by atoms with E-state index in [-0.39, 0.29) is 23.7 Å². The number of piperidine rings is 1. The molecule has 0 aliphatic carbocycles. The predicted octanol–water partition coefficient (Wildman–Crippen LogP) is 4.96. The molecule has 1 amide bonds. The molecule has 0 saturated carbocycles. The minimum atomic E-state index is -0.510. The summed E-state index contributed by atoms with van der Waals surface area (Å²) in [6.45, 7) is 1.84. The smallest absolute Gasteiger partial charge is 0.229 e. The number of anilines is 1. The molecule has 0 bridgehead atoms. The Balaban J connectivity index is 1.53. The molecule has 6 nitrogen and oxygen atoms in total. The van der Waals surface area contributed by atoms with Crippen molar-refractivity contribution >= 4 is 11.9 Å². The normalized spacial score (nSPS) is 19.9. The van der Waals surface area contributed by atoms with Crippen LogP contribution in [0.2, 0.25) is 0 Å². The first kappa shape index (κ1) is 23.4. The van der Waals surface area contributed by atoms with Crippen LogP contribution in [0.1, 0.15) is 49.4 Å². The summed E-state index contributed by atoms with van der Waals surface area (Å²) in [7, 11) is 0. The maximum Gasteiger partial charge on any atom is 0.229 e. The second-order valence-corrected chi connectivity index (χ2v) is 9.60. The van der Waals surface area contributed by atoms with Gasteiger partial charge in [-0.1, -0.05) is 42.5 Å². The monoisotopic (exact) mass is 474 g/mol. The van der Waals surface area contributed by atoms with Crippen LogP contribution in [0.15, 0.2) is 60.8 Å². The van der Waals surface area contributed by atoms with E-state index in [0.717, 1.165) is 41.6 Å². The zero-order valence-electron chi connectivity index (χ0n) is 19.8. The van der Waals surface area contributed by atoms with Crippen molar-refractivity contribution < 1.29 is 13.9 Å². The lowest BCUT2D eigenvalue weighted by atomic mass is 9.73. The summed E-state index contributed by atoms with van der Waals surface area (Å²) in [5, 5.41) is 0. The van der Waals surface area contributed by atoms with Crippen molar-refractivity contribution in [1.29, 1.82) is 0 Å². The highest BCUT2D eigenvalue weighted by Gasteiger charge is 2.45. The fourth-order valence-electron chi connectivity index (χ4n) is 5.49. The fourth-order valence-corrected chi connectivity index (χ4v) is 5.49. The summed E-state index contributed by atoms with van der Waals surface area (Å²) in [5.74, 6) is 0.0361. The molecule has 35 heavy (non-hydrogen) atoms. The van der Waals surface area contributed by atoms with Crippen LogP contribution in [0.3, 0.4) is 0 Å². The molecule has 2 aromatic carbocycles. The Labute approximate surface area is 205 Å². The van der Waals surface area contributed by atoms with Gasteiger partial charge in [0.25, 0.3) is 0 Å². The van der Waals surface area contributed by atoms with Gasteiger partial charge in [0.05, 0.1) is 17.2 Å². The number of nitrogens with two attached hydrogens (primary N) is 1. The first-order valence-electron chi connectivity index (χ1n) is 12.4. The molecule has 2 aliphatic heterocycles. The molecule has 3 aromatic rings. The van der Waals surface area contributed by atoms with Gasteiger partial charge in [-0.2, -0.15) is 0 Å². The standard InChI is InChI=1S/C28H31FN4O2/c29-22-11-9-21(10-12-22)23-19-31-27(30)32-25(23)24-8-4-5-15-33(24)26(34)28(13-16-35-17-14-28)18-20-6-2-1-3-7-20/h1-3,6-7,9-12,19,24H,4-5,8,13-18H2,(H2,30,31,32). The minimum absolute atomic E-state index is 0.164. The SMILES string of the molecule is Nc1ncc(-c2ccc(F)cc2)c(C2CCCCN2C(=O)C2(Cc3ccccc3)CCOCC2)n1. The topological polar surface area (TPSA) is 81.3 Å². The third-order valence-electron chi connectivity index (χ3n) is 7.36. The number of benzene rings is 2. The fraction of sp³-hybridized carbons (Fsp3) is 0.393. The van der Waals surface area contributed by atoms with Crippen LogP contribution in [-0.2, 0) is 16.0 Å². The summed E-state index contributed by atoms with van der Waals surface area (Å²) >= 11 is 0. The van der Waals surface area contributed by atoms with E-state index >= 15 is 0 Å². The second-order valence-electron chi connectivity index (χ2n) is 9.60. The molecule has 7 heteroatoms. The summed E-state index contributed by atoms with van der Waals surface area (Å²) in [6.07, 6.45) is 6.52. The Kier molecular flexibility index (Phi) is 6.77. The van der Waals surface area contributed by atoms with E-state index in [4.69, 9.17) is 10.5 Å². The van der Waals surface area contributed by atoms with Crippen LogP contribution >= 0.6 is 0 Å². The van der Waals surface area contributed by atoms with Gasteiger partial charge in [0, 0.05) is 31.5 Å². The van der Waals surface area contributed by atoms with Gasteiger partial charge in [-0.15, -0.1) is 0 Å². The number of aromatic nitrogens is 2. The van der Waals surface area contributed by atoms with Gasteiger partial charge in [-0.3, -0.25) is 4.79 Å². The lowest BCUT2D eigenvalue weighted by molar-refractivity contribution is -0.152. The Morgan fingerprint density at radius 2 is 1.83 bits per heavy atom. The number of amides is 1. The molecule has 3 heterocycles. The van der Waals surface area contributed by atoms with Crippen LogP contribution in [0.25, 0.3) is 11.1 Å². The summed E-state index contributed by atoms with van der Waals surface area (Å²) in [4.78, 5) is 25.3. The van der Waals surface area contributed by atoms with E-state index in [1.54, 1.807) is 18.3 Å². The molecule has 1 unspecified atom stereocenters. The highest BCUT2D eigenvalue weighted by molar-refractivity contribution is 5.84. The molecule has 2 saturated heterocycles. The van der Waals surface area contributed by atoms with Crippen LogP contribution < -0.4 is 5.73 Å². The van der Waals surface area contributed by atoms with Gasteiger partial charge in [0.15, 0.2) is 0 Å². The number of carbonyl (C=O) groups excluding carboxylic acids is 1. The van der Waals surface area contributed by atoms with Gasteiger partial charge in [-0.25, -0.2) is 14.4 Å². The molecule has 2 fully saturated rings. The molecule has 1 atom stereocenters. The lowest BCUT2D eigenvalue weighted by Gasteiger charge is -2.44. The molecule has 2 aliphatic rings. The predicted molar refractivity (Wildman–Crippen MR) is 133 cm³/mol. The highest BCUT2D eigenvalue weighted by atomic mass is 19.1. The molecule has 2 N–H and O–H groups in total. The van der Waals surface area contributed by atoms with E-state index in [9.17, 15) is 9.18 Å². The van der Waals surface area contributed by atoms with Crippen LogP contribution in [0, 0.1) is 11.2 Å². The number of hydrogen-bond donors (Lipinski definition) is 1. The maximum atomic E-state index is 14.4. The van der Waals surface area contributed by atoms with E-state index in [2.05, 4.69) is 22.1 Å². The van der Waals surface area contributed by atoms with Crippen LogP contribution in [-0.4, -0.2) is 40.5 Å². The summed E-state index contributed by atoms with van der Waals surface area (Å²) < 4.78 is 19.3. The van der Waals surface area contributed by atoms with Crippen molar-refractivity contribution in [3.63, 3.8) is 0 Å². The Hall–Kier alpha value is -3.32. The molecule has 0 radical (unpaired) electrons. The number of hydrogen-bond acceptors (Lipinski definition) is 5. The quantitative estimate of drug-likeness (QED) is 0.565. The van der Waals surface area contributed by atoms with Crippen molar-refractivity contribution in [3.8, 4) is 11.1 Å². The lowest BCUT2D eigenvalue weighted by Crippen LogP contribution is -2.51. The van der Waals surface area contributed by atoms with Gasteiger partial charge < -0.3 is 15.4 Å². The Morgan fingerprint density at radius 3 is 2.57 bits per heavy atom. The number of rotatable bonds is 5. The van der Waals surface area contributed by atoms with Gasteiger partial charge in [0.1, 0.15) is 5.82 Å². The number of ether oxygens (including phenoxy) is 1. The average molecular weight is 475 g/mol. The Bertz CT molecular complexity index is 1160. The van der Waals surface area contributed by atoms with E-state index in [0.29, 0.717) is 39.0 Å². The average Bonchev–Trinajstić information content (AvgIpc) is 2.90. The summed E-state index contributed by atoms with van der Waals surface area (Å²) in [6, 6.07) is 16.3.